The van der Waals surface area contributed by atoms with Gasteiger partial charge in [0.1, 0.15) is 5.02 Å². The van der Waals surface area contributed by atoms with Crippen LogP contribution in [-0.2, 0) is 17.6 Å². The van der Waals surface area contributed by atoms with E-state index in [-0.39, 0.29) is 29.7 Å². The van der Waals surface area contributed by atoms with Crippen LogP contribution in [-0.4, -0.2) is 35.0 Å². The molecule has 0 radical (unpaired) electrons. The number of amides is 1. The quantitative estimate of drug-likeness (QED) is 0.359. The molecule has 4 N–H and O–H groups in total. The number of rotatable bonds is 5. The lowest BCUT2D eigenvalue weighted by atomic mass is 9.88. The minimum absolute atomic E-state index is 0.136. The van der Waals surface area contributed by atoms with Crippen LogP contribution in [0.4, 0.5) is 17.5 Å². The first-order valence-corrected chi connectivity index (χ1v) is 11.7. The smallest absolute Gasteiger partial charge is 0.244 e. The number of nitrogens with one attached hydrogen (secondary N) is 2. The van der Waals surface area contributed by atoms with E-state index in [1.54, 1.807) is 18.0 Å². The molecule has 1 aliphatic heterocycles. The number of hydrogen-bond acceptors (Lipinski definition) is 6. The maximum Gasteiger partial charge on any atom is 0.244 e. The molecule has 8 heteroatoms. The number of nitrogens with zero attached hydrogens (tertiary/aromatic N) is 3. The molecular formula is C25H27ClN6O. The van der Waals surface area contributed by atoms with Gasteiger partial charge in [0.25, 0.3) is 0 Å². The number of nitrogens with two attached hydrogens (primary N) is 1. The second-order valence-electron chi connectivity index (χ2n) is 8.81. The summed E-state index contributed by atoms with van der Waals surface area (Å²) in [5.74, 6) is 3.70. The molecule has 2 heterocycles. The minimum atomic E-state index is -0.298. The van der Waals surface area contributed by atoms with Crippen molar-refractivity contribution in [2.75, 3.05) is 23.3 Å². The number of aromatic nitrogens is 2. The molecule has 5 rings (SSSR count). The Morgan fingerprint density at radius 1 is 1.24 bits per heavy atom. The topological polar surface area (TPSA) is 96.2 Å². The number of hydrogen-bond donors (Lipinski definition) is 3. The highest BCUT2D eigenvalue weighted by Gasteiger charge is 2.47. The van der Waals surface area contributed by atoms with E-state index in [1.165, 1.54) is 11.1 Å². The summed E-state index contributed by atoms with van der Waals surface area (Å²) in [4.78, 5) is 23.1. The number of carbonyl (C=O) groups excluding carboxylic acids is 1. The predicted molar refractivity (Wildman–Crippen MR) is 130 cm³/mol. The molecule has 4 unspecified atom stereocenters. The molecule has 7 nitrogen and oxygen atoms in total. The Kier molecular flexibility index (Phi) is 5.96. The van der Waals surface area contributed by atoms with Gasteiger partial charge in [-0.25, -0.2) is 9.88 Å². The average Bonchev–Trinajstić information content (AvgIpc) is 3.33. The minimum Gasteiger partial charge on any atom is -0.369 e. The lowest BCUT2D eigenvalue weighted by Gasteiger charge is -2.27. The zero-order chi connectivity index (χ0) is 22.9. The van der Waals surface area contributed by atoms with Gasteiger partial charge in [-0.1, -0.05) is 35.7 Å². The molecule has 0 spiro atoms. The summed E-state index contributed by atoms with van der Waals surface area (Å²) in [7, 11) is 0. The van der Waals surface area contributed by atoms with Crippen LogP contribution in [0.2, 0.25) is 5.02 Å². The van der Waals surface area contributed by atoms with Crippen molar-refractivity contribution in [2.45, 2.75) is 32.2 Å². The molecule has 1 aromatic heterocycles. The van der Waals surface area contributed by atoms with E-state index in [9.17, 15) is 4.79 Å². The van der Waals surface area contributed by atoms with Crippen molar-refractivity contribution >= 4 is 35.0 Å². The van der Waals surface area contributed by atoms with Crippen LogP contribution in [0.5, 0.6) is 0 Å². The van der Waals surface area contributed by atoms with Crippen LogP contribution in [0.1, 0.15) is 24.5 Å². The van der Waals surface area contributed by atoms with Crippen molar-refractivity contribution in [1.82, 2.24) is 15.3 Å². The van der Waals surface area contributed by atoms with E-state index < -0.39 is 0 Å². The Balaban J connectivity index is 1.47. The van der Waals surface area contributed by atoms with Crippen LogP contribution in [0.3, 0.4) is 0 Å². The summed E-state index contributed by atoms with van der Waals surface area (Å²) in [6.45, 7) is 3.74. The highest BCUT2D eigenvalue weighted by Crippen LogP contribution is 2.45. The van der Waals surface area contributed by atoms with E-state index >= 15 is 0 Å². The fourth-order valence-electron chi connectivity index (χ4n) is 5.27. The maximum atomic E-state index is 12.1. The highest BCUT2D eigenvalue weighted by atomic mass is 35.5. The molecule has 2 aromatic rings. The molecular weight excluding hydrogens is 436 g/mol. The van der Waals surface area contributed by atoms with Crippen LogP contribution in [0, 0.1) is 29.7 Å². The van der Waals surface area contributed by atoms with Crippen molar-refractivity contribution in [2.24, 2.45) is 23.5 Å². The van der Waals surface area contributed by atoms with Gasteiger partial charge >= 0.3 is 0 Å². The van der Waals surface area contributed by atoms with Gasteiger partial charge in [-0.3, -0.25) is 4.79 Å². The number of primary amides is 1. The van der Waals surface area contributed by atoms with Gasteiger partial charge in [-0.2, -0.15) is 4.98 Å². The molecule has 2 aliphatic carbocycles. The van der Waals surface area contributed by atoms with E-state index in [2.05, 4.69) is 57.9 Å². The van der Waals surface area contributed by atoms with Crippen molar-refractivity contribution in [3.05, 3.63) is 52.7 Å². The Morgan fingerprint density at radius 2 is 2.03 bits per heavy atom. The van der Waals surface area contributed by atoms with Crippen LogP contribution in [0.25, 0.3) is 0 Å². The van der Waals surface area contributed by atoms with Gasteiger partial charge < -0.3 is 16.4 Å². The standard InChI is InChI=1S/C25H27ClN6O/c1-2-11-32(19-6-5-15-7-9-28-10-8-16(15)13-19)25-29-14-20(26)24(31-25)30-22-18-4-3-17(12-18)21(22)23(27)33/h3-6,13-14,17-18,21-22,28H,7-10,12H2,1H3,(H2,27,33)(H,29,30,31). The third kappa shape index (κ3) is 4.17. The second-order valence-corrected chi connectivity index (χ2v) is 9.22. The van der Waals surface area contributed by atoms with Crippen molar-refractivity contribution in [3.8, 4) is 12.0 Å². The van der Waals surface area contributed by atoms with E-state index in [4.69, 9.17) is 22.3 Å². The van der Waals surface area contributed by atoms with E-state index in [1.807, 2.05) is 0 Å². The first-order valence-electron chi connectivity index (χ1n) is 11.4. The normalized spacial score (nSPS) is 25.0. The number of allylic oxidation sites excluding steroid dienone is 1. The SMILES string of the molecule is CC#CN(c1ccc2c(c1)CCNCC2)c1ncc(Cl)c(NC2C3C=CC(C3)C2C(N)=O)n1. The lowest BCUT2D eigenvalue weighted by molar-refractivity contribution is -0.122. The van der Waals surface area contributed by atoms with E-state index in [0.717, 1.165) is 38.0 Å². The predicted octanol–water partition coefficient (Wildman–Crippen LogP) is 3.03. The Hall–Kier alpha value is -3.08. The summed E-state index contributed by atoms with van der Waals surface area (Å²) in [5.41, 5.74) is 9.30. The number of halogens is 1. The molecule has 170 valence electrons. The Morgan fingerprint density at radius 3 is 2.82 bits per heavy atom. The zero-order valence-corrected chi connectivity index (χ0v) is 19.3. The second kappa shape index (κ2) is 9.05. The maximum absolute atomic E-state index is 12.1. The first kappa shape index (κ1) is 21.7. The Bertz CT molecular complexity index is 1170. The van der Waals surface area contributed by atoms with Gasteiger partial charge in [-0.15, -0.1) is 0 Å². The molecule has 33 heavy (non-hydrogen) atoms. The van der Waals surface area contributed by atoms with Crippen molar-refractivity contribution in [1.29, 1.82) is 0 Å². The number of benzene rings is 1. The van der Waals surface area contributed by atoms with Gasteiger partial charge in [-0.05, 0) is 74.4 Å². The average molecular weight is 463 g/mol. The van der Waals surface area contributed by atoms with Gasteiger partial charge in [0.15, 0.2) is 5.82 Å². The fraction of sp³-hybridized carbons (Fsp3) is 0.400. The third-order valence-electron chi connectivity index (χ3n) is 6.84. The number of fused-ring (bicyclic) bond motifs is 3. The van der Waals surface area contributed by atoms with Crippen LogP contribution >= 0.6 is 11.6 Å². The first-order chi connectivity index (χ1) is 16.0. The van der Waals surface area contributed by atoms with Crippen LogP contribution in [0.15, 0.2) is 36.5 Å². The van der Waals surface area contributed by atoms with Gasteiger partial charge in [0, 0.05) is 12.1 Å². The zero-order valence-electron chi connectivity index (χ0n) is 18.5. The third-order valence-corrected chi connectivity index (χ3v) is 7.11. The molecule has 2 bridgehead atoms. The molecule has 1 fully saturated rings. The summed E-state index contributed by atoms with van der Waals surface area (Å²) in [5, 5.41) is 7.24. The number of anilines is 3. The highest BCUT2D eigenvalue weighted by molar-refractivity contribution is 6.32. The van der Waals surface area contributed by atoms with Gasteiger partial charge in [0.05, 0.1) is 17.8 Å². The molecule has 3 aliphatic rings. The lowest BCUT2D eigenvalue weighted by Crippen LogP contribution is -2.41. The Labute approximate surface area is 198 Å². The molecule has 1 aromatic carbocycles. The monoisotopic (exact) mass is 462 g/mol. The van der Waals surface area contributed by atoms with Gasteiger partial charge in [0.2, 0.25) is 11.9 Å². The van der Waals surface area contributed by atoms with Crippen molar-refractivity contribution in [3.63, 3.8) is 0 Å². The summed E-state index contributed by atoms with van der Waals surface area (Å²) in [6, 6.07) is 9.37. The van der Waals surface area contributed by atoms with Crippen LogP contribution < -0.4 is 21.3 Å². The molecule has 4 atom stereocenters. The summed E-state index contributed by atoms with van der Waals surface area (Å²) >= 11 is 6.46. The number of carbonyl (C=O) groups is 1. The summed E-state index contributed by atoms with van der Waals surface area (Å²) < 4.78 is 0. The fourth-order valence-corrected chi connectivity index (χ4v) is 5.42. The van der Waals surface area contributed by atoms with Crippen molar-refractivity contribution < 1.29 is 4.79 Å². The molecule has 1 saturated carbocycles. The summed E-state index contributed by atoms with van der Waals surface area (Å²) in [6.07, 6.45) is 8.72. The molecule has 0 saturated heterocycles. The molecule has 1 amide bonds. The largest absolute Gasteiger partial charge is 0.369 e. The van der Waals surface area contributed by atoms with E-state index in [0.29, 0.717) is 16.8 Å².